The molecule has 0 spiro atoms. The maximum Gasteiger partial charge on any atom is 0.325 e. The summed E-state index contributed by atoms with van der Waals surface area (Å²) in [6.45, 7) is 12.2. The molecule has 3 N–H and O–H groups in total. The van der Waals surface area contributed by atoms with E-state index in [0.717, 1.165) is 10.9 Å². The minimum Gasteiger partial charge on any atom is -0.455 e. The lowest BCUT2D eigenvalue weighted by molar-refractivity contribution is -0.157. The van der Waals surface area contributed by atoms with Crippen LogP contribution in [0.4, 0.5) is 0 Å². The summed E-state index contributed by atoms with van der Waals surface area (Å²) < 4.78 is 5.76. The molecule has 1 aromatic heterocycles. The fourth-order valence-electron chi connectivity index (χ4n) is 5.47. The van der Waals surface area contributed by atoms with Gasteiger partial charge in [-0.3, -0.25) is 24.2 Å². The molecule has 3 heterocycles. The smallest absolute Gasteiger partial charge is 0.325 e. The quantitative estimate of drug-likeness (QED) is 0.447. The summed E-state index contributed by atoms with van der Waals surface area (Å²) in [5.41, 5.74) is 2.25. The highest BCUT2D eigenvalue weighted by atomic mass is 16.5. The second kappa shape index (κ2) is 12.5. The Morgan fingerprint density at radius 3 is 2.49 bits per heavy atom. The Morgan fingerprint density at radius 2 is 1.81 bits per heavy atom. The SMILES string of the molecule is CC(C)[C@@H]1CC(=O)C(C)(C(C)(C)O)/C=C/c2ccc3ccc(nc3c2)[C@@H](C)OC(=O)[C@@H]2CCCN(N2)C(=O)[C@H](C)NC1=O. The van der Waals surface area contributed by atoms with Gasteiger partial charge in [0.2, 0.25) is 5.91 Å². The Kier molecular flexibility index (Phi) is 9.42. The van der Waals surface area contributed by atoms with Gasteiger partial charge in [0, 0.05) is 24.3 Å². The van der Waals surface area contributed by atoms with Gasteiger partial charge in [0.25, 0.3) is 5.91 Å². The number of carbonyl (C=O) groups excluding carboxylic acids is 4. The molecule has 4 rings (SSSR count). The number of pyridine rings is 1. The first-order valence-corrected chi connectivity index (χ1v) is 15.0. The van der Waals surface area contributed by atoms with Crippen molar-refractivity contribution < 1.29 is 29.0 Å². The Morgan fingerprint density at radius 1 is 1.12 bits per heavy atom. The van der Waals surface area contributed by atoms with Crippen LogP contribution in [-0.2, 0) is 23.9 Å². The first kappa shape index (κ1) is 32.3. The first-order chi connectivity index (χ1) is 20.1. The van der Waals surface area contributed by atoms with Gasteiger partial charge in [-0.1, -0.05) is 44.2 Å². The van der Waals surface area contributed by atoms with E-state index in [1.54, 1.807) is 46.8 Å². The van der Waals surface area contributed by atoms with Gasteiger partial charge in [-0.15, -0.1) is 0 Å². The maximum absolute atomic E-state index is 13.9. The largest absolute Gasteiger partial charge is 0.455 e. The Balaban J connectivity index is 1.77. The minimum absolute atomic E-state index is 0.119. The number of rotatable bonds is 2. The molecule has 1 unspecified atom stereocenters. The standard InChI is InChI=1S/C33H44N4O6/c1-19(2)24-18-28(38)33(7,32(5,6)42)15-14-22-10-11-23-12-13-25(35-27(23)17-22)21(4)43-31(41)26-9-8-16-37(36-26)30(40)20(3)34-29(24)39/h10-15,17,19-21,24,26,36,42H,8-9,16,18H2,1-7H3,(H,34,39)/b15-14+/t20-,21+,24-,26-,33?/m0/s1. The van der Waals surface area contributed by atoms with Crippen LogP contribution in [0.15, 0.2) is 36.4 Å². The number of hydrogen-bond donors (Lipinski definition) is 3. The molecule has 232 valence electrons. The number of fused-ring (bicyclic) bond motifs is 4. The van der Waals surface area contributed by atoms with Crippen LogP contribution in [0.25, 0.3) is 17.0 Å². The van der Waals surface area contributed by atoms with Gasteiger partial charge >= 0.3 is 5.97 Å². The molecule has 1 fully saturated rings. The van der Waals surface area contributed by atoms with Crippen molar-refractivity contribution in [2.24, 2.45) is 17.3 Å². The van der Waals surface area contributed by atoms with Crippen LogP contribution in [-0.4, -0.2) is 62.9 Å². The number of nitrogens with one attached hydrogen (secondary N) is 2. The molecule has 10 heteroatoms. The maximum atomic E-state index is 13.9. The number of ketones is 1. The molecule has 2 aliphatic heterocycles. The molecule has 5 bridgehead atoms. The van der Waals surface area contributed by atoms with Crippen molar-refractivity contribution in [1.82, 2.24) is 20.7 Å². The van der Waals surface area contributed by atoms with Crippen molar-refractivity contribution in [3.05, 3.63) is 47.7 Å². The zero-order chi connectivity index (χ0) is 31.7. The van der Waals surface area contributed by atoms with Crippen molar-refractivity contribution in [1.29, 1.82) is 0 Å². The van der Waals surface area contributed by atoms with Gasteiger partial charge in [-0.05, 0) is 71.1 Å². The number of Topliss-reactive ketones (excluding diaryl/α,β-unsaturated/α-hetero) is 1. The van der Waals surface area contributed by atoms with Gasteiger partial charge < -0.3 is 15.2 Å². The van der Waals surface area contributed by atoms with Crippen LogP contribution in [0.2, 0.25) is 0 Å². The van der Waals surface area contributed by atoms with E-state index in [9.17, 15) is 24.3 Å². The third-order valence-electron chi connectivity index (χ3n) is 8.92. The highest BCUT2D eigenvalue weighted by Crippen LogP contribution is 2.37. The third kappa shape index (κ3) is 6.96. The van der Waals surface area contributed by atoms with Gasteiger partial charge in [-0.25, -0.2) is 10.4 Å². The van der Waals surface area contributed by atoms with Crippen molar-refractivity contribution >= 4 is 40.5 Å². The number of cyclic esters (lactones) is 1. The Bertz CT molecular complexity index is 1430. The number of carbonyl (C=O) groups is 4. The fraction of sp³-hybridized carbons (Fsp3) is 0.545. The molecular formula is C33H44N4O6. The van der Waals surface area contributed by atoms with E-state index in [2.05, 4.69) is 10.7 Å². The average Bonchev–Trinajstić information content (AvgIpc) is 2.96. The van der Waals surface area contributed by atoms with Gasteiger partial charge in [0.15, 0.2) is 0 Å². The highest BCUT2D eigenvalue weighted by molar-refractivity contribution is 5.94. The number of nitrogens with zero attached hydrogens (tertiary/aromatic N) is 2. The molecule has 5 atom stereocenters. The van der Waals surface area contributed by atoms with Crippen LogP contribution >= 0.6 is 0 Å². The summed E-state index contributed by atoms with van der Waals surface area (Å²) in [6.07, 6.45) is 3.78. The molecule has 43 heavy (non-hydrogen) atoms. The Labute approximate surface area is 253 Å². The number of esters is 1. The molecule has 1 saturated heterocycles. The van der Waals surface area contributed by atoms with E-state index in [-0.39, 0.29) is 18.1 Å². The molecule has 0 radical (unpaired) electrons. The van der Waals surface area contributed by atoms with Gasteiger partial charge in [0.05, 0.1) is 22.2 Å². The lowest BCUT2D eigenvalue weighted by Crippen LogP contribution is -2.60. The summed E-state index contributed by atoms with van der Waals surface area (Å²) in [4.78, 5) is 58.5. The highest BCUT2D eigenvalue weighted by Gasteiger charge is 2.45. The predicted octanol–water partition coefficient (Wildman–Crippen LogP) is 3.87. The third-order valence-corrected chi connectivity index (χ3v) is 8.92. The fourth-order valence-corrected chi connectivity index (χ4v) is 5.47. The number of amides is 2. The lowest BCUT2D eigenvalue weighted by Gasteiger charge is -2.38. The van der Waals surface area contributed by atoms with E-state index in [1.807, 2.05) is 44.2 Å². The first-order valence-electron chi connectivity index (χ1n) is 15.0. The molecule has 10 nitrogen and oxygen atoms in total. The van der Waals surface area contributed by atoms with Crippen LogP contribution in [0.3, 0.4) is 0 Å². The number of aliphatic hydroxyl groups is 1. The number of aromatic nitrogens is 1. The van der Waals surface area contributed by atoms with Crippen molar-refractivity contribution in [3.63, 3.8) is 0 Å². The topological polar surface area (TPSA) is 138 Å². The zero-order valence-corrected chi connectivity index (χ0v) is 26.1. The number of hydrogen-bond acceptors (Lipinski definition) is 8. The summed E-state index contributed by atoms with van der Waals surface area (Å²) in [7, 11) is 0. The lowest BCUT2D eigenvalue weighted by atomic mass is 9.69. The van der Waals surface area contributed by atoms with Crippen LogP contribution in [0.1, 0.15) is 85.1 Å². The monoisotopic (exact) mass is 592 g/mol. The van der Waals surface area contributed by atoms with E-state index in [1.165, 1.54) is 5.01 Å². The molecule has 0 saturated carbocycles. The summed E-state index contributed by atoms with van der Waals surface area (Å²) in [5, 5.41) is 16.2. The van der Waals surface area contributed by atoms with E-state index in [0.29, 0.717) is 30.6 Å². The molecule has 0 aliphatic carbocycles. The Hall–Kier alpha value is -3.63. The summed E-state index contributed by atoms with van der Waals surface area (Å²) >= 11 is 0. The van der Waals surface area contributed by atoms with Crippen LogP contribution < -0.4 is 10.7 Å². The van der Waals surface area contributed by atoms with Gasteiger partial charge in [0.1, 0.15) is 24.0 Å². The summed E-state index contributed by atoms with van der Waals surface area (Å²) in [6, 6.07) is 7.79. The van der Waals surface area contributed by atoms with Crippen molar-refractivity contribution in [2.45, 2.75) is 91.5 Å². The number of hydrazine groups is 1. The second-order valence-corrected chi connectivity index (χ2v) is 12.9. The van der Waals surface area contributed by atoms with E-state index >= 15 is 0 Å². The minimum atomic E-state index is -1.44. The number of benzene rings is 1. The molecule has 2 aliphatic rings. The van der Waals surface area contributed by atoms with E-state index < -0.39 is 52.9 Å². The molecule has 2 aromatic rings. The predicted molar refractivity (Wildman–Crippen MR) is 163 cm³/mol. The van der Waals surface area contributed by atoms with Crippen LogP contribution in [0, 0.1) is 17.3 Å². The van der Waals surface area contributed by atoms with Gasteiger partial charge in [-0.2, -0.15) is 0 Å². The average molecular weight is 593 g/mol. The zero-order valence-electron chi connectivity index (χ0n) is 26.1. The second-order valence-electron chi connectivity index (χ2n) is 12.9. The van der Waals surface area contributed by atoms with E-state index in [4.69, 9.17) is 9.72 Å². The number of ether oxygens (including phenoxy) is 1. The molecule has 1 aromatic carbocycles. The van der Waals surface area contributed by atoms with Crippen molar-refractivity contribution in [3.8, 4) is 0 Å². The van der Waals surface area contributed by atoms with Crippen molar-refractivity contribution in [2.75, 3.05) is 6.54 Å². The summed E-state index contributed by atoms with van der Waals surface area (Å²) in [5.74, 6) is -2.53. The molecular weight excluding hydrogens is 548 g/mol. The normalized spacial score (nSPS) is 29.0. The van der Waals surface area contributed by atoms with Crippen LogP contribution in [0.5, 0.6) is 0 Å². The molecule has 2 amide bonds.